The topological polar surface area (TPSA) is 46.2 Å². The molecule has 0 aromatic carbocycles. The summed E-state index contributed by atoms with van der Waals surface area (Å²) in [7, 11) is 0. The van der Waals surface area contributed by atoms with Crippen molar-refractivity contribution in [2.24, 2.45) is 0 Å². The average Bonchev–Trinajstić information content (AvgIpc) is 1.99. The number of amides is 2. The number of carbonyl (C=O) groups excluding carboxylic acids is 2. The zero-order valence-electron chi connectivity index (χ0n) is 8.47. The maximum absolute atomic E-state index is 11.3. The van der Waals surface area contributed by atoms with Gasteiger partial charge in [-0.2, -0.15) is 0 Å². The maximum Gasteiger partial charge on any atom is 0.257 e. The van der Waals surface area contributed by atoms with Gasteiger partial charge in [-0.15, -0.1) is 0 Å². The molecule has 0 aliphatic rings. The molecule has 0 fully saturated rings. The lowest BCUT2D eigenvalue weighted by molar-refractivity contribution is -0.122. The Bertz CT molecular complexity index is 267. The van der Waals surface area contributed by atoms with E-state index in [1.807, 2.05) is 27.7 Å². The first kappa shape index (κ1) is 11.6. The summed E-state index contributed by atoms with van der Waals surface area (Å²) in [6, 6.07) is 0. The second-order valence-electron chi connectivity index (χ2n) is 3.23. The van der Waals surface area contributed by atoms with Crippen LogP contribution < -0.4 is 5.32 Å². The molecule has 3 heteroatoms. The lowest BCUT2D eigenvalue weighted by Crippen LogP contribution is -2.23. The molecule has 13 heavy (non-hydrogen) atoms. The van der Waals surface area contributed by atoms with Crippen LogP contribution in [-0.2, 0) is 9.59 Å². The highest BCUT2D eigenvalue weighted by Gasteiger charge is 2.06. The van der Waals surface area contributed by atoms with E-state index in [-0.39, 0.29) is 5.91 Å². The molecular formula is C10H15NO2. The molecule has 0 rings (SSSR count). The Labute approximate surface area is 78.5 Å². The van der Waals surface area contributed by atoms with Gasteiger partial charge in [0.25, 0.3) is 5.91 Å². The summed E-state index contributed by atoms with van der Waals surface area (Å²) < 4.78 is 0. The van der Waals surface area contributed by atoms with E-state index in [4.69, 9.17) is 0 Å². The zero-order chi connectivity index (χ0) is 10.4. The molecule has 0 radical (unpaired) electrons. The van der Waals surface area contributed by atoms with E-state index in [0.29, 0.717) is 12.0 Å². The van der Waals surface area contributed by atoms with Gasteiger partial charge in [-0.25, -0.2) is 0 Å². The monoisotopic (exact) mass is 181 g/mol. The van der Waals surface area contributed by atoms with E-state index in [1.165, 1.54) is 0 Å². The van der Waals surface area contributed by atoms with Crippen LogP contribution in [0.2, 0.25) is 0 Å². The standard InChI is InChI=1S/C10H15NO2/c1-7(2)5-9(8(3)4)10(13)11-6-12/h5-6H,1-4H3,(H,11,12,13). The van der Waals surface area contributed by atoms with Crippen LogP contribution in [0, 0.1) is 0 Å². The highest BCUT2D eigenvalue weighted by Crippen LogP contribution is 2.07. The molecule has 0 heterocycles. The van der Waals surface area contributed by atoms with E-state index in [1.54, 1.807) is 6.08 Å². The zero-order valence-corrected chi connectivity index (χ0v) is 8.47. The number of allylic oxidation sites excluding steroid dienone is 2. The van der Waals surface area contributed by atoms with Gasteiger partial charge in [0.15, 0.2) is 0 Å². The predicted molar refractivity (Wildman–Crippen MR) is 52.0 cm³/mol. The largest absolute Gasteiger partial charge is 0.295 e. The van der Waals surface area contributed by atoms with Gasteiger partial charge in [-0.3, -0.25) is 14.9 Å². The Hall–Kier alpha value is -1.38. The predicted octanol–water partition coefficient (Wildman–Crippen LogP) is 1.56. The number of rotatable bonds is 3. The van der Waals surface area contributed by atoms with Gasteiger partial charge in [0, 0.05) is 5.57 Å². The Kier molecular flexibility index (Phi) is 4.74. The quantitative estimate of drug-likeness (QED) is 0.408. The Morgan fingerprint density at radius 1 is 1.15 bits per heavy atom. The number of hydrogen-bond acceptors (Lipinski definition) is 2. The molecule has 0 aromatic heterocycles. The summed E-state index contributed by atoms with van der Waals surface area (Å²) in [5.74, 6) is -0.351. The van der Waals surface area contributed by atoms with Gasteiger partial charge in [-0.05, 0) is 27.7 Å². The SMILES string of the molecule is CC(C)=CC(C(=O)NC=O)=C(C)C. The maximum atomic E-state index is 11.3. The fraction of sp³-hybridized carbons (Fsp3) is 0.400. The second-order valence-corrected chi connectivity index (χ2v) is 3.23. The normalized spacial score (nSPS) is 8.62. The van der Waals surface area contributed by atoms with Gasteiger partial charge in [0.05, 0.1) is 0 Å². The number of carbonyl (C=O) groups is 2. The molecule has 0 bridgehead atoms. The fourth-order valence-corrected chi connectivity index (χ4v) is 0.857. The first-order valence-corrected chi connectivity index (χ1v) is 4.06. The second kappa shape index (κ2) is 5.30. The summed E-state index contributed by atoms with van der Waals surface area (Å²) in [5.41, 5.74) is 2.46. The van der Waals surface area contributed by atoms with Crippen LogP contribution in [0.4, 0.5) is 0 Å². The van der Waals surface area contributed by atoms with Crippen molar-refractivity contribution in [1.29, 1.82) is 0 Å². The number of imide groups is 1. The van der Waals surface area contributed by atoms with E-state index >= 15 is 0 Å². The van der Waals surface area contributed by atoms with Crippen LogP contribution in [0.25, 0.3) is 0 Å². The minimum Gasteiger partial charge on any atom is -0.295 e. The minimum atomic E-state index is -0.351. The molecule has 72 valence electrons. The molecule has 0 unspecified atom stereocenters. The molecule has 0 aliphatic heterocycles. The van der Waals surface area contributed by atoms with Gasteiger partial charge in [0.1, 0.15) is 0 Å². The van der Waals surface area contributed by atoms with Crippen LogP contribution in [0.3, 0.4) is 0 Å². The minimum absolute atomic E-state index is 0.351. The molecule has 0 saturated heterocycles. The van der Waals surface area contributed by atoms with Crippen LogP contribution in [0.15, 0.2) is 22.8 Å². The molecular weight excluding hydrogens is 166 g/mol. The molecule has 0 aliphatic carbocycles. The number of hydrogen-bond donors (Lipinski definition) is 1. The smallest absolute Gasteiger partial charge is 0.257 e. The van der Waals surface area contributed by atoms with Crippen molar-refractivity contribution in [1.82, 2.24) is 5.32 Å². The summed E-state index contributed by atoms with van der Waals surface area (Å²) in [5, 5.41) is 2.11. The van der Waals surface area contributed by atoms with Crippen LogP contribution in [-0.4, -0.2) is 12.3 Å². The summed E-state index contributed by atoms with van der Waals surface area (Å²) in [6.45, 7) is 7.46. The Balaban J connectivity index is 4.86. The van der Waals surface area contributed by atoms with E-state index < -0.39 is 0 Å². The third kappa shape index (κ3) is 4.25. The summed E-state index contributed by atoms with van der Waals surface area (Å²) in [4.78, 5) is 21.3. The molecule has 3 nitrogen and oxygen atoms in total. The molecule has 2 amide bonds. The number of nitrogens with one attached hydrogen (secondary N) is 1. The molecule has 0 spiro atoms. The summed E-state index contributed by atoms with van der Waals surface area (Å²) in [6.07, 6.45) is 2.15. The Morgan fingerprint density at radius 2 is 1.69 bits per heavy atom. The highest BCUT2D eigenvalue weighted by molar-refractivity contribution is 6.01. The van der Waals surface area contributed by atoms with E-state index in [2.05, 4.69) is 5.32 Å². The van der Waals surface area contributed by atoms with Crippen molar-refractivity contribution >= 4 is 12.3 Å². The fourth-order valence-electron chi connectivity index (χ4n) is 0.857. The first-order valence-electron chi connectivity index (χ1n) is 4.06. The van der Waals surface area contributed by atoms with Crippen molar-refractivity contribution in [3.8, 4) is 0 Å². The average molecular weight is 181 g/mol. The molecule has 1 N–H and O–H groups in total. The van der Waals surface area contributed by atoms with Crippen molar-refractivity contribution in [3.05, 3.63) is 22.8 Å². The first-order chi connectivity index (χ1) is 5.99. The molecule has 0 aromatic rings. The Morgan fingerprint density at radius 3 is 2.00 bits per heavy atom. The van der Waals surface area contributed by atoms with E-state index in [0.717, 1.165) is 11.1 Å². The highest BCUT2D eigenvalue weighted by atomic mass is 16.2. The summed E-state index contributed by atoms with van der Waals surface area (Å²) >= 11 is 0. The third-order valence-electron chi connectivity index (χ3n) is 1.41. The van der Waals surface area contributed by atoms with Crippen LogP contribution in [0.1, 0.15) is 27.7 Å². The van der Waals surface area contributed by atoms with E-state index in [9.17, 15) is 9.59 Å². The van der Waals surface area contributed by atoms with Crippen LogP contribution in [0.5, 0.6) is 0 Å². The van der Waals surface area contributed by atoms with Gasteiger partial charge >= 0.3 is 0 Å². The van der Waals surface area contributed by atoms with Gasteiger partial charge < -0.3 is 0 Å². The lowest BCUT2D eigenvalue weighted by atomic mass is 10.1. The lowest BCUT2D eigenvalue weighted by Gasteiger charge is -2.03. The molecule has 0 atom stereocenters. The van der Waals surface area contributed by atoms with Crippen molar-refractivity contribution in [3.63, 3.8) is 0 Å². The van der Waals surface area contributed by atoms with Crippen molar-refractivity contribution in [2.75, 3.05) is 0 Å². The van der Waals surface area contributed by atoms with Gasteiger partial charge in [-0.1, -0.05) is 17.2 Å². The van der Waals surface area contributed by atoms with Crippen molar-refractivity contribution < 1.29 is 9.59 Å². The van der Waals surface area contributed by atoms with Gasteiger partial charge in [0.2, 0.25) is 6.41 Å². The third-order valence-corrected chi connectivity index (χ3v) is 1.41. The molecule has 0 saturated carbocycles. The van der Waals surface area contributed by atoms with Crippen LogP contribution >= 0.6 is 0 Å². The van der Waals surface area contributed by atoms with Crippen molar-refractivity contribution in [2.45, 2.75) is 27.7 Å².